The molecule has 1 aliphatic rings. The van der Waals surface area contributed by atoms with Gasteiger partial charge in [-0.3, -0.25) is 0 Å². The van der Waals surface area contributed by atoms with E-state index in [4.69, 9.17) is 9.84 Å². The average molecular weight is 229 g/mol. The molecule has 3 rings (SSSR count). The smallest absolute Gasteiger partial charge is 0.150 e. The fourth-order valence-corrected chi connectivity index (χ4v) is 2.27. The van der Waals surface area contributed by atoms with E-state index in [0.29, 0.717) is 13.0 Å². The maximum atomic E-state index is 8.94. The van der Waals surface area contributed by atoms with Crippen LogP contribution >= 0.6 is 0 Å². The van der Waals surface area contributed by atoms with Crippen molar-refractivity contribution in [3.8, 4) is 5.75 Å². The minimum absolute atomic E-state index is 0.184. The highest BCUT2D eigenvalue weighted by atomic mass is 16.5. The van der Waals surface area contributed by atoms with Crippen molar-refractivity contribution in [2.75, 3.05) is 18.5 Å². The van der Waals surface area contributed by atoms with Gasteiger partial charge in [0, 0.05) is 12.0 Å². The number of ether oxygens (including phenoxy) is 1. The molecule has 2 N–H and O–H groups in total. The molecule has 2 aromatic carbocycles. The molecule has 0 radical (unpaired) electrons. The number of rotatable bonds is 2. The number of hydrogen-bond acceptors (Lipinski definition) is 3. The van der Waals surface area contributed by atoms with Crippen LogP contribution in [0.5, 0.6) is 5.75 Å². The van der Waals surface area contributed by atoms with Gasteiger partial charge in [-0.25, -0.2) is 0 Å². The Balaban J connectivity index is 2.02. The van der Waals surface area contributed by atoms with Gasteiger partial charge < -0.3 is 15.2 Å². The van der Waals surface area contributed by atoms with Gasteiger partial charge in [-0.15, -0.1) is 0 Å². The zero-order chi connectivity index (χ0) is 11.7. The van der Waals surface area contributed by atoms with E-state index in [1.807, 2.05) is 18.2 Å². The molecule has 1 atom stereocenters. The highest BCUT2D eigenvalue weighted by Crippen LogP contribution is 2.36. The summed E-state index contributed by atoms with van der Waals surface area (Å²) in [5.41, 5.74) is 1.02. The van der Waals surface area contributed by atoms with Gasteiger partial charge in [0.25, 0.3) is 0 Å². The first-order valence-corrected chi connectivity index (χ1v) is 5.90. The van der Waals surface area contributed by atoms with Gasteiger partial charge in [-0.05, 0) is 17.9 Å². The fourth-order valence-electron chi connectivity index (χ4n) is 2.27. The Morgan fingerprint density at radius 1 is 1.24 bits per heavy atom. The molecule has 17 heavy (non-hydrogen) atoms. The van der Waals surface area contributed by atoms with Crippen LogP contribution in [-0.4, -0.2) is 24.4 Å². The third-order valence-corrected chi connectivity index (χ3v) is 3.15. The SMILES string of the molecule is OCCC1COc2c(ccc3ccccc23)N1. The van der Waals surface area contributed by atoms with Crippen molar-refractivity contribution in [2.24, 2.45) is 0 Å². The summed E-state index contributed by atoms with van der Waals surface area (Å²) in [6, 6.07) is 12.5. The zero-order valence-corrected chi connectivity index (χ0v) is 9.52. The summed E-state index contributed by atoms with van der Waals surface area (Å²) in [4.78, 5) is 0. The average Bonchev–Trinajstić information content (AvgIpc) is 2.39. The van der Waals surface area contributed by atoms with Crippen molar-refractivity contribution in [2.45, 2.75) is 12.5 Å². The standard InChI is InChI=1S/C14H15NO2/c16-8-7-11-9-17-14-12-4-2-1-3-10(12)5-6-13(14)15-11/h1-6,11,15-16H,7-9H2. The predicted molar refractivity (Wildman–Crippen MR) is 68.6 cm³/mol. The summed E-state index contributed by atoms with van der Waals surface area (Å²) in [7, 11) is 0. The van der Waals surface area contributed by atoms with Crippen LogP contribution in [0.4, 0.5) is 5.69 Å². The lowest BCUT2D eigenvalue weighted by Crippen LogP contribution is -2.32. The number of nitrogens with one attached hydrogen (secondary N) is 1. The highest BCUT2D eigenvalue weighted by molar-refractivity contribution is 5.93. The van der Waals surface area contributed by atoms with E-state index in [2.05, 4.69) is 23.5 Å². The van der Waals surface area contributed by atoms with Crippen LogP contribution in [0, 0.1) is 0 Å². The van der Waals surface area contributed by atoms with Gasteiger partial charge in [0.1, 0.15) is 12.4 Å². The highest BCUT2D eigenvalue weighted by Gasteiger charge is 2.19. The van der Waals surface area contributed by atoms with Gasteiger partial charge in [0.15, 0.2) is 0 Å². The second-order valence-corrected chi connectivity index (χ2v) is 4.33. The van der Waals surface area contributed by atoms with Gasteiger partial charge in [0.2, 0.25) is 0 Å². The molecule has 0 saturated heterocycles. The van der Waals surface area contributed by atoms with Gasteiger partial charge in [-0.2, -0.15) is 0 Å². The molecule has 0 bridgehead atoms. The second-order valence-electron chi connectivity index (χ2n) is 4.33. The molecule has 1 unspecified atom stereocenters. The van der Waals surface area contributed by atoms with Crippen LogP contribution in [0.15, 0.2) is 36.4 Å². The van der Waals surface area contributed by atoms with Crippen molar-refractivity contribution in [3.63, 3.8) is 0 Å². The van der Waals surface area contributed by atoms with Crippen molar-refractivity contribution in [1.82, 2.24) is 0 Å². The molecule has 0 spiro atoms. The monoisotopic (exact) mass is 229 g/mol. The zero-order valence-electron chi connectivity index (χ0n) is 9.52. The summed E-state index contributed by atoms with van der Waals surface area (Å²) in [6.45, 7) is 0.797. The Bertz CT molecular complexity index is 539. The van der Waals surface area contributed by atoms with Crippen LogP contribution in [0.3, 0.4) is 0 Å². The Hall–Kier alpha value is -1.74. The number of aliphatic hydroxyl groups excluding tert-OH is 1. The van der Waals surface area contributed by atoms with Crippen molar-refractivity contribution in [1.29, 1.82) is 0 Å². The number of fused-ring (bicyclic) bond motifs is 3. The first-order valence-electron chi connectivity index (χ1n) is 5.90. The predicted octanol–water partition coefficient (Wildman–Crippen LogP) is 2.40. The summed E-state index contributed by atoms with van der Waals surface area (Å²) in [6.07, 6.45) is 0.715. The lowest BCUT2D eigenvalue weighted by Gasteiger charge is -2.28. The Morgan fingerprint density at radius 2 is 2.12 bits per heavy atom. The Kier molecular flexibility index (Phi) is 2.61. The molecular formula is C14H15NO2. The van der Waals surface area contributed by atoms with Crippen LogP contribution < -0.4 is 10.1 Å². The van der Waals surface area contributed by atoms with Gasteiger partial charge in [0.05, 0.1) is 11.7 Å². The minimum atomic E-state index is 0.184. The first kappa shape index (κ1) is 10.4. The van der Waals surface area contributed by atoms with Gasteiger partial charge in [-0.1, -0.05) is 30.3 Å². The normalized spacial score (nSPS) is 18.3. The molecule has 1 aliphatic heterocycles. The number of hydrogen-bond donors (Lipinski definition) is 2. The molecule has 2 aromatic rings. The summed E-state index contributed by atoms with van der Waals surface area (Å²) >= 11 is 0. The van der Waals surface area contributed by atoms with E-state index < -0.39 is 0 Å². The topological polar surface area (TPSA) is 41.5 Å². The van der Waals surface area contributed by atoms with Crippen molar-refractivity contribution in [3.05, 3.63) is 36.4 Å². The van der Waals surface area contributed by atoms with E-state index in [9.17, 15) is 0 Å². The third-order valence-electron chi connectivity index (χ3n) is 3.15. The van der Waals surface area contributed by atoms with Crippen molar-refractivity contribution >= 4 is 16.5 Å². The number of aliphatic hydroxyl groups is 1. The minimum Gasteiger partial charge on any atom is -0.489 e. The summed E-state index contributed by atoms with van der Waals surface area (Å²) in [5, 5.41) is 14.7. The maximum absolute atomic E-state index is 8.94. The van der Waals surface area contributed by atoms with Gasteiger partial charge >= 0.3 is 0 Å². The van der Waals surface area contributed by atoms with E-state index in [-0.39, 0.29) is 12.6 Å². The van der Waals surface area contributed by atoms with Crippen LogP contribution in [-0.2, 0) is 0 Å². The van der Waals surface area contributed by atoms with E-state index >= 15 is 0 Å². The second kappa shape index (κ2) is 4.26. The Labute approximate surface area is 100 Å². The van der Waals surface area contributed by atoms with Crippen LogP contribution in [0.1, 0.15) is 6.42 Å². The van der Waals surface area contributed by atoms with E-state index in [0.717, 1.165) is 16.8 Å². The summed E-state index contributed by atoms with van der Waals surface area (Å²) in [5.74, 6) is 0.928. The molecule has 0 saturated carbocycles. The lowest BCUT2D eigenvalue weighted by molar-refractivity contribution is 0.234. The third kappa shape index (κ3) is 1.83. The molecular weight excluding hydrogens is 214 g/mol. The number of anilines is 1. The quantitative estimate of drug-likeness (QED) is 0.830. The van der Waals surface area contributed by atoms with E-state index in [1.165, 1.54) is 5.39 Å². The summed E-state index contributed by atoms with van der Waals surface area (Å²) < 4.78 is 5.83. The lowest BCUT2D eigenvalue weighted by atomic mass is 10.1. The molecule has 1 heterocycles. The largest absolute Gasteiger partial charge is 0.489 e. The molecule has 3 heteroatoms. The molecule has 88 valence electrons. The van der Waals surface area contributed by atoms with E-state index in [1.54, 1.807) is 0 Å². The number of benzene rings is 2. The van der Waals surface area contributed by atoms with Crippen molar-refractivity contribution < 1.29 is 9.84 Å². The molecule has 0 fully saturated rings. The molecule has 0 aromatic heterocycles. The first-order chi connectivity index (χ1) is 8.38. The molecule has 0 amide bonds. The Morgan fingerprint density at radius 3 is 3.00 bits per heavy atom. The molecule has 0 aliphatic carbocycles. The van der Waals surface area contributed by atoms with Crippen LogP contribution in [0.2, 0.25) is 0 Å². The fraction of sp³-hybridized carbons (Fsp3) is 0.286. The van der Waals surface area contributed by atoms with Crippen LogP contribution in [0.25, 0.3) is 10.8 Å². The molecule has 3 nitrogen and oxygen atoms in total. The maximum Gasteiger partial charge on any atom is 0.150 e.